The molecule has 1 atom stereocenters. The van der Waals surface area contributed by atoms with Gasteiger partial charge in [0.25, 0.3) is 0 Å². The molecule has 0 radical (unpaired) electrons. The van der Waals surface area contributed by atoms with Crippen molar-refractivity contribution in [1.82, 2.24) is 4.72 Å². The molecule has 1 aromatic carbocycles. The number of aryl methyl sites for hydroxylation is 1. The molecule has 0 aliphatic rings. The Morgan fingerprint density at radius 3 is 2.33 bits per heavy atom. The van der Waals surface area contributed by atoms with Gasteiger partial charge in [-0.3, -0.25) is 0 Å². The molecule has 1 unspecified atom stereocenters. The van der Waals surface area contributed by atoms with Crippen LogP contribution in [-0.2, 0) is 10.0 Å². The minimum atomic E-state index is -3.40. The number of hydrogen-bond acceptors (Lipinski definition) is 3. The lowest BCUT2D eigenvalue weighted by atomic mass is 10.2. The van der Waals surface area contributed by atoms with E-state index in [1.165, 1.54) is 0 Å². The number of rotatable bonds is 4. The van der Waals surface area contributed by atoms with Crippen LogP contribution in [0.2, 0.25) is 0 Å². The van der Waals surface area contributed by atoms with Crippen LogP contribution in [0.3, 0.4) is 0 Å². The maximum atomic E-state index is 11.7. The normalized spacial score (nSPS) is 13.8. The minimum Gasteiger partial charge on any atom is -0.327 e. The first-order chi connectivity index (χ1) is 6.92. The maximum Gasteiger partial charge on any atom is 0.240 e. The van der Waals surface area contributed by atoms with E-state index in [1.54, 1.807) is 31.2 Å². The number of hydrogen-bond donors (Lipinski definition) is 2. The van der Waals surface area contributed by atoms with Gasteiger partial charge < -0.3 is 5.73 Å². The van der Waals surface area contributed by atoms with Crippen LogP contribution in [0.4, 0.5) is 0 Å². The van der Waals surface area contributed by atoms with Crippen LogP contribution in [-0.4, -0.2) is 21.0 Å². The van der Waals surface area contributed by atoms with Crippen molar-refractivity contribution in [2.45, 2.75) is 24.8 Å². The molecule has 0 aliphatic heterocycles. The molecule has 0 saturated carbocycles. The highest BCUT2D eigenvalue weighted by Gasteiger charge is 2.13. The van der Waals surface area contributed by atoms with Crippen LogP contribution in [0.15, 0.2) is 29.2 Å². The zero-order valence-electron chi connectivity index (χ0n) is 8.90. The van der Waals surface area contributed by atoms with Crippen molar-refractivity contribution in [2.24, 2.45) is 5.73 Å². The smallest absolute Gasteiger partial charge is 0.240 e. The summed E-state index contributed by atoms with van der Waals surface area (Å²) in [5.41, 5.74) is 6.50. The molecule has 0 amide bonds. The molecular weight excluding hydrogens is 212 g/mol. The molecule has 5 heteroatoms. The van der Waals surface area contributed by atoms with E-state index in [1.807, 2.05) is 6.92 Å². The summed E-state index contributed by atoms with van der Waals surface area (Å²) >= 11 is 0. The summed E-state index contributed by atoms with van der Waals surface area (Å²) in [6.07, 6.45) is 0. The van der Waals surface area contributed by atoms with Crippen LogP contribution in [0.5, 0.6) is 0 Å². The van der Waals surface area contributed by atoms with Crippen LogP contribution in [0.25, 0.3) is 0 Å². The highest BCUT2D eigenvalue weighted by atomic mass is 32.2. The maximum absolute atomic E-state index is 11.7. The number of sulfonamides is 1. The fourth-order valence-electron chi connectivity index (χ4n) is 1.04. The third-order valence-corrected chi connectivity index (χ3v) is 3.37. The molecule has 0 saturated heterocycles. The Balaban J connectivity index is 2.82. The molecule has 3 N–H and O–H groups in total. The van der Waals surface area contributed by atoms with Crippen LogP contribution in [0, 0.1) is 6.92 Å². The Hall–Kier alpha value is -0.910. The third kappa shape index (κ3) is 3.62. The van der Waals surface area contributed by atoms with Gasteiger partial charge >= 0.3 is 0 Å². The minimum absolute atomic E-state index is 0.190. The molecule has 0 fully saturated rings. The van der Waals surface area contributed by atoms with Gasteiger partial charge in [0.2, 0.25) is 10.0 Å². The number of nitrogens with one attached hydrogen (secondary N) is 1. The summed E-state index contributed by atoms with van der Waals surface area (Å²) in [5, 5.41) is 0. The van der Waals surface area contributed by atoms with Crippen molar-refractivity contribution >= 4 is 10.0 Å². The average Bonchev–Trinajstić information content (AvgIpc) is 2.16. The predicted molar refractivity (Wildman–Crippen MR) is 60.0 cm³/mol. The van der Waals surface area contributed by atoms with Crippen LogP contribution in [0.1, 0.15) is 12.5 Å². The Bertz CT molecular complexity index is 410. The molecule has 0 heterocycles. The summed E-state index contributed by atoms with van der Waals surface area (Å²) < 4.78 is 25.8. The van der Waals surface area contributed by atoms with E-state index >= 15 is 0 Å². The van der Waals surface area contributed by atoms with Gasteiger partial charge in [-0.1, -0.05) is 17.7 Å². The van der Waals surface area contributed by atoms with Gasteiger partial charge in [-0.05, 0) is 26.0 Å². The lowest BCUT2D eigenvalue weighted by Crippen LogP contribution is -2.35. The van der Waals surface area contributed by atoms with Crippen LogP contribution < -0.4 is 10.5 Å². The lowest BCUT2D eigenvalue weighted by Gasteiger charge is -2.08. The second-order valence-corrected chi connectivity index (χ2v) is 5.41. The zero-order chi connectivity index (χ0) is 11.5. The Morgan fingerprint density at radius 2 is 1.87 bits per heavy atom. The van der Waals surface area contributed by atoms with Crippen molar-refractivity contribution < 1.29 is 8.42 Å². The molecule has 1 rings (SSSR count). The second kappa shape index (κ2) is 4.74. The molecule has 0 aliphatic carbocycles. The van der Waals surface area contributed by atoms with E-state index in [9.17, 15) is 8.42 Å². The van der Waals surface area contributed by atoms with Gasteiger partial charge in [0.05, 0.1) is 4.90 Å². The first-order valence-electron chi connectivity index (χ1n) is 4.74. The third-order valence-electron chi connectivity index (χ3n) is 1.93. The summed E-state index contributed by atoms with van der Waals surface area (Å²) in [5.74, 6) is 0. The van der Waals surface area contributed by atoms with Crippen molar-refractivity contribution in [3.8, 4) is 0 Å². The number of nitrogens with two attached hydrogens (primary N) is 1. The first-order valence-corrected chi connectivity index (χ1v) is 6.22. The Labute approximate surface area is 90.5 Å². The standard InChI is InChI=1S/C10H16N2O2S/c1-8-3-5-10(6-4-8)15(13,14)12-7-9(2)11/h3-6,9,12H,7,11H2,1-2H3. The molecular formula is C10H16N2O2S. The van der Waals surface area contributed by atoms with E-state index in [0.717, 1.165) is 5.56 Å². The van der Waals surface area contributed by atoms with Gasteiger partial charge in [-0.2, -0.15) is 0 Å². The number of benzene rings is 1. The fourth-order valence-corrected chi connectivity index (χ4v) is 2.19. The predicted octanol–water partition coefficient (Wildman–Crippen LogP) is 0.621. The van der Waals surface area contributed by atoms with E-state index in [4.69, 9.17) is 5.73 Å². The summed E-state index contributed by atoms with van der Waals surface area (Å²) in [6, 6.07) is 6.50. The summed E-state index contributed by atoms with van der Waals surface area (Å²) in [6.45, 7) is 3.90. The molecule has 0 spiro atoms. The largest absolute Gasteiger partial charge is 0.327 e. The monoisotopic (exact) mass is 228 g/mol. The van der Waals surface area contributed by atoms with E-state index in [2.05, 4.69) is 4.72 Å². The van der Waals surface area contributed by atoms with Gasteiger partial charge in [0.1, 0.15) is 0 Å². The van der Waals surface area contributed by atoms with Gasteiger partial charge in [0, 0.05) is 12.6 Å². The Morgan fingerprint density at radius 1 is 1.33 bits per heavy atom. The van der Waals surface area contributed by atoms with Crippen LogP contribution >= 0.6 is 0 Å². The van der Waals surface area contributed by atoms with Gasteiger partial charge in [0.15, 0.2) is 0 Å². The molecule has 4 nitrogen and oxygen atoms in total. The summed E-state index contributed by atoms with van der Waals surface area (Å²) in [7, 11) is -3.40. The highest BCUT2D eigenvalue weighted by Crippen LogP contribution is 2.09. The molecule has 84 valence electrons. The molecule has 15 heavy (non-hydrogen) atoms. The van der Waals surface area contributed by atoms with Gasteiger partial charge in [-0.25, -0.2) is 13.1 Å². The van der Waals surface area contributed by atoms with Crippen molar-refractivity contribution in [3.63, 3.8) is 0 Å². The zero-order valence-corrected chi connectivity index (χ0v) is 9.71. The first kappa shape index (κ1) is 12.2. The highest BCUT2D eigenvalue weighted by molar-refractivity contribution is 7.89. The van der Waals surface area contributed by atoms with E-state index < -0.39 is 10.0 Å². The Kier molecular flexibility index (Phi) is 3.84. The molecule has 0 bridgehead atoms. The SMILES string of the molecule is Cc1ccc(S(=O)(=O)NCC(C)N)cc1. The quantitative estimate of drug-likeness (QED) is 0.793. The molecule has 0 aromatic heterocycles. The fraction of sp³-hybridized carbons (Fsp3) is 0.400. The van der Waals surface area contributed by atoms with Crippen molar-refractivity contribution in [1.29, 1.82) is 0 Å². The van der Waals surface area contributed by atoms with Crippen molar-refractivity contribution in [2.75, 3.05) is 6.54 Å². The van der Waals surface area contributed by atoms with Crippen molar-refractivity contribution in [3.05, 3.63) is 29.8 Å². The molecule has 1 aromatic rings. The van der Waals surface area contributed by atoms with E-state index in [0.29, 0.717) is 0 Å². The summed E-state index contributed by atoms with van der Waals surface area (Å²) in [4.78, 5) is 0.272. The lowest BCUT2D eigenvalue weighted by molar-refractivity contribution is 0.574. The topological polar surface area (TPSA) is 72.2 Å². The second-order valence-electron chi connectivity index (χ2n) is 3.64. The van der Waals surface area contributed by atoms with E-state index in [-0.39, 0.29) is 17.5 Å². The average molecular weight is 228 g/mol. The van der Waals surface area contributed by atoms with Gasteiger partial charge in [-0.15, -0.1) is 0 Å².